The highest BCUT2D eigenvalue weighted by molar-refractivity contribution is 7.66. The lowest BCUT2D eigenvalue weighted by Gasteiger charge is -2.37. The molecule has 0 aromatic carbocycles. The Morgan fingerprint density at radius 3 is 2.38 bits per heavy atom. The van der Waals surface area contributed by atoms with Gasteiger partial charge in [-0.15, -0.1) is 0 Å². The van der Waals surface area contributed by atoms with Gasteiger partial charge in [0.1, 0.15) is 11.7 Å². The maximum absolute atomic E-state index is 15.2. The number of hydrogen-bond acceptors (Lipinski definition) is 13. The van der Waals surface area contributed by atoms with Crippen molar-refractivity contribution in [1.82, 2.24) is 19.5 Å². The van der Waals surface area contributed by atoms with Crippen molar-refractivity contribution in [2.24, 2.45) is 5.73 Å². The van der Waals surface area contributed by atoms with Crippen LogP contribution in [0.1, 0.15) is 6.30 Å². The number of nitrogens with zero attached hydrogens (tertiary/aromatic N) is 3. The largest absolute Gasteiger partial charge is 0.490 e. The number of imidazole rings is 1. The summed E-state index contributed by atoms with van der Waals surface area (Å²) in [5.41, 5.74) is 7.06. The third kappa shape index (κ3) is 6.73. The average Bonchev–Trinajstić information content (AvgIpc) is 3.09. The minimum atomic E-state index is -5.83. The number of alkyl halides is 1. The van der Waals surface area contributed by atoms with Gasteiger partial charge < -0.3 is 40.9 Å². The van der Waals surface area contributed by atoms with Crippen LogP contribution in [0.3, 0.4) is 0 Å². The summed E-state index contributed by atoms with van der Waals surface area (Å²) in [7, 11) is -16.2. The molecular formula is C11H20FN6O13P3. The number of rotatable bonds is 12. The molecule has 0 bridgehead atoms. The van der Waals surface area contributed by atoms with Gasteiger partial charge in [-0.25, -0.2) is 23.1 Å². The number of nitrogens with one attached hydrogen (secondary N) is 1. The van der Waals surface area contributed by atoms with Crippen molar-refractivity contribution >= 4 is 40.6 Å². The summed E-state index contributed by atoms with van der Waals surface area (Å²) in [6, 6.07) is 0. The average molecular weight is 556 g/mol. The van der Waals surface area contributed by atoms with Crippen LogP contribution in [0, 0.1) is 0 Å². The molecule has 5 atom stereocenters. The van der Waals surface area contributed by atoms with E-state index in [-0.39, 0.29) is 11.2 Å². The number of aromatic amines is 1. The Kier molecular flexibility index (Phi) is 8.55. The zero-order valence-electron chi connectivity index (χ0n) is 16.9. The molecule has 19 nitrogen and oxygen atoms in total. The first-order valence-electron chi connectivity index (χ1n) is 8.54. The van der Waals surface area contributed by atoms with Crippen LogP contribution in [0.5, 0.6) is 0 Å². The monoisotopic (exact) mass is 556 g/mol. The zero-order chi connectivity index (χ0) is 26.1. The van der Waals surface area contributed by atoms with Crippen molar-refractivity contribution in [3.63, 3.8) is 0 Å². The number of aliphatic hydroxyl groups excluding tert-OH is 1. The van der Waals surface area contributed by atoms with E-state index in [1.165, 1.54) is 0 Å². The van der Waals surface area contributed by atoms with Gasteiger partial charge in [0, 0.05) is 13.7 Å². The number of ether oxygens (including phenoxy) is 1. The predicted molar refractivity (Wildman–Crippen MR) is 107 cm³/mol. The minimum absolute atomic E-state index is 0.340. The molecule has 0 saturated carbocycles. The third-order valence-corrected chi connectivity index (χ3v) is 7.94. The van der Waals surface area contributed by atoms with Gasteiger partial charge in [0.15, 0.2) is 11.2 Å². The molecule has 2 heterocycles. The number of methoxy groups -OCH3 is 1. The second-order valence-electron chi connectivity index (χ2n) is 6.43. The number of nitrogens with two attached hydrogens (primary N) is 2. The van der Waals surface area contributed by atoms with Crippen LogP contribution in [0.2, 0.25) is 0 Å². The molecule has 0 fully saturated rings. The SMILES string of the molecule is CO[C@](CN)(COP(=O)(O)OP(=O)(O)OP(=O)(O)O)[C@@H](O)[C@@H](F)n1cnc2c(=O)[nH]c(N)nc21. The highest BCUT2D eigenvalue weighted by Crippen LogP contribution is 2.66. The number of aromatic nitrogens is 4. The summed E-state index contributed by atoms with van der Waals surface area (Å²) in [5.74, 6) is -0.398. The molecule has 0 spiro atoms. The highest BCUT2D eigenvalue weighted by Gasteiger charge is 2.47. The lowest BCUT2D eigenvalue weighted by atomic mass is 9.96. The number of nitrogen functional groups attached to an aromatic ring is 1. The van der Waals surface area contributed by atoms with Gasteiger partial charge in [0.05, 0.1) is 12.9 Å². The van der Waals surface area contributed by atoms with Crippen molar-refractivity contribution < 1.29 is 60.6 Å². The van der Waals surface area contributed by atoms with E-state index in [1.807, 2.05) is 0 Å². The van der Waals surface area contributed by atoms with Crippen molar-refractivity contribution in [2.75, 3.05) is 26.0 Å². The molecule has 0 saturated heterocycles. The molecule has 34 heavy (non-hydrogen) atoms. The number of H-pyrrole nitrogens is 1. The second kappa shape index (κ2) is 10.2. The van der Waals surface area contributed by atoms with E-state index in [2.05, 4.69) is 28.1 Å². The zero-order valence-corrected chi connectivity index (χ0v) is 19.5. The van der Waals surface area contributed by atoms with Crippen LogP contribution in [0.15, 0.2) is 11.1 Å². The van der Waals surface area contributed by atoms with Gasteiger partial charge >= 0.3 is 23.5 Å². The molecule has 2 aromatic heterocycles. The van der Waals surface area contributed by atoms with E-state index in [0.29, 0.717) is 4.57 Å². The minimum Gasteiger partial charge on any atom is -0.385 e. The molecule has 2 unspecified atom stereocenters. The summed E-state index contributed by atoms with van der Waals surface area (Å²) < 4.78 is 66.4. The van der Waals surface area contributed by atoms with E-state index in [1.54, 1.807) is 0 Å². The van der Waals surface area contributed by atoms with Gasteiger partial charge in [-0.1, -0.05) is 0 Å². The Bertz CT molecular complexity index is 1230. The first kappa shape index (κ1) is 28.6. The molecule has 0 radical (unpaired) electrons. The van der Waals surface area contributed by atoms with Gasteiger partial charge in [0.25, 0.3) is 5.56 Å². The molecule has 2 rings (SSSR count). The predicted octanol–water partition coefficient (Wildman–Crippen LogP) is -1.78. The third-order valence-electron chi connectivity index (χ3n) is 4.16. The number of halogens is 1. The Hall–Kier alpha value is -1.63. The molecule has 23 heteroatoms. The molecule has 0 aliphatic rings. The first-order valence-corrected chi connectivity index (χ1v) is 13.1. The van der Waals surface area contributed by atoms with Crippen LogP contribution >= 0.6 is 23.5 Å². The van der Waals surface area contributed by atoms with E-state index in [4.69, 9.17) is 26.0 Å². The Labute approximate surface area is 187 Å². The molecule has 10 N–H and O–H groups in total. The maximum Gasteiger partial charge on any atom is 0.490 e. The molecule has 0 amide bonds. The standard InChI is InChI=1S/C11H20FN6O13P3/c1-28-11(2-13,3-29-33(24,25)31-34(26,27)30-32(21,22)23)6(19)7(12)18-4-15-5-8(18)16-10(14)17-9(5)20/h4,6-7,19H,2-3,13H2,1H3,(H,24,25)(H,26,27)(H2,21,22,23)(H3,14,16,17,20)/t6-,7-,11+/m0/s1. The van der Waals surface area contributed by atoms with Crippen molar-refractivity contribution in [1.29, 1.82) is 0 Å². The fraction of sp³-hybridized carbons (Fsp3) is 0.545. The van der Waals surface area contributed by atoms with Crippen LogP contribution < -0.4 is 17.0 Å². The van der Waals surface area contributed by atoms with E-state index in [0.717, 1.165) is 13.4 Å². The quantitative estimate of drug-likeness (QED) is 0.134. The van der Waals surface area contributed by atoms with Gasteiger partial charge in [0.2, 0.25) is 12.2 Å². The van der Waals surface area contributed by atoms with Gasteiger partial charge in [-0.3, -0.25) is 18.9 Å². The lowest BCUT2D eigenvalue weighted by Crippen LogP contribution is -2.56. The maximum atomic E-state index is 15.2. The Morgan fingerprint density at radius 2 is 1.85 bits per heavy atom. The first-order chi connectivity index (χ1) is 15.5. The number of aliphatic hydroxyl groups is 1. The van der Waals surface area contributed by atoms with E-state index in [9.17, 15) is 33.4 Å². The number of phosphoric acid groups is 3. The van der Waals surface area contributed by atoms with Crippen molar-refractivity contribution in [3.8, 4) is 0 Å². The lowest BCUT2D eigenvalue weighted by molar-refractivity contribution is -0.155. The summed E-state index contributed by atoms with van der Waals surface area (Å²) in [4.78, 5) is 57.2. The van der Waals surface area contributed by atoms with Crippen LogP contribution in [0.25, 0.3) is 11.2 Å². The van der Waals surface area contributed by atoms with Gasteiger partial charge in [-0.2, -0.15) is 13.6 Å². The van der Waals surface area contributed by atoms with Crippen LogP contribution in [-0.4, -0.2) is 76.2 Å². The number of hydrogen-bond donors (Lipinski definition) is 8. The van der Waals surface area contributed by atoms with E-state index < -0.39 is 66.1 Å². The summed E-state index contributed by atoms with van der Waals surface area (Å²) in [6.45, 7) is -2.06. The van der Waals surface area contributed by atoms with Crippen molar-refractivity contribution in [3.05, 3.63) is 16.7 Å². The number of fused-ring (bicyclic) bond motifs is 1. The van der Waals surface area contributed by atoms with Crippen LogP contribution in [-0.2, 0) is 31.6 Å². The van der Waals surface area contributed by atoms with Crippen molar-refractivity contribution in [2.45, 2.75) is 18.0 Å². The molecular weight excluding hydrogens is 536 g/mol. The van der Waals surface area contributed by atoms with Crippen LogP contribution in [0.4, 0.5) is 10.3 Å². The molecule has 2 aromatic rings. The fourth-order valence-corrected chi connectivity index (χ4v) is 5.62. The fourth-order valence-electron chi connectivity index (χ4n) is 2.55. The molecule has 0 aliphatic heterocycles. The normalized spacial score (nSPS) is 19.8. The Balaban J connectivity index is 2.28. The topological polar surface area (TPSA) is 305 Å². The molecule has 194 valence electrons. The number of anilines is 1. The smallest absolute Gasteiger partial charge is 0.385 e. The summed E-state index contributed by atoms with van der Waals surface area (Å²) >= 11 is 0. The second-order valence-corrected chi connectivity index (χ2v) is 10.9. The van der Waals surface area contributed by atoms with E-state index >= 15 is 4.39 Å². The molecule has 0 aliphatic carbocycles. The number of phosphoric ester groups is 1. The Morgan fingerprint density at radius 1 is 1.24 bits per heavy atom. The summed E-state index contributed by atoms with van der Waals surface area (Å²) in [5, 5.41) is 10.6. The van der Waals surface area contributed by atoms with Gasteiger partial charge in [-0.05, 0) is 0 Å². The highest BCUT2D eigenvalue weighted by atomic mass is 31.3. The summed E-state index contributed by atoms with van der Waals surface area (Å²) in [6.07, 6.45) is -4.05.